The summed E-state index contributed by atoms with van der Waals surface area (Å²) in [7, 11) is 0. The Labute approximate surface area is 138 Å². The molecule has 0 saturated heterocycles. The van der Waals surface area contributed by atoms with Crippen LogP contribution in [0, 0.1) is 6.92 Å². The average Bonchev–Trinajstić information content (AvgIpc) is 2.75. The molecule has 7 heteroatoms. The molecule has 20 heavy (non-hydrogen) atoms. The van der Waals surface area contributed by atoms with Crippen molar-refractivity contribution in [3.05, 3.63) is 16.1 Å². The molecule has 0 aliphatic heterocycles. The lowest BCUT2D eigenvalue weighted by Gasteiger charge is -2.05. The molecule has 0 spiro atoms. The summed E-state index contributed by atoms with van der Waals surface area (Å²) in [6.07, 6.45) is 3.48. The second-order valence-corrected chi connectivity index (χ2v) is 5.37. The summed E-state index contributed by atoms with van der Waals surface area (Å²) in [6, 6.07) is 0. The van der Waals surface area contributed by atoms with Gasteiger partial charge in [0.1, 0.15) is 0 Å². The number of aromatic nitrogens is 1. The van der Waals surface area contributed by atoms with Crippen LogP contribution in [0.15, 0.2) is 5.38 Å². The molecule has 0 saturated carbocycles. The standard InChI is InChI=1S/C13H23N3OS.2ClH/c1-3-7-14-8-9-15-13(17)6-4-5-12-10-18-11(2)16-12;;/h10,14H,3-9H2,1-2H3,(H,15,17);2*1H. The van der Waals surface area contributed by atoms with Gasteiger partial charge in [0, 0.05) is 24.9 Å². The Morgan fingerprint density at radius 2 is 2.05 bits per heavy atom. The van der Waals surface area contributed by atoms with Crippen molar-refractivity contribution in [2.24, 2.45) is 0 Å². The Kier molecular flexibility index (Phi) is 14.9. The number of rotatable bonds is 9. The van der Waals surface area contributed by atoms with Crippen molar-refractivity contribution in [3.63, 3.8) is 0 Å². The van der Waals surface area contributed by atoms with Gasteiger partial charge in [-0.3, -0.25) is 4.79 Å². The first-order valence-corrected chi connectivity index (χ1v) is 7.48. The van der Waals surface area contributed by atoms with Crippen molar-refractivity contribution in [2.75, 3.05) is 19.6 Å². The van der Waals surface area contributed by atoms with Crippen molar-refractivity contribution >= 4 is 42.1 Å². The maximum atomic E-state index is 11.5. The van der Waals surface area contributed by atoms with E-state index in [9.17, 15) is 4.79 Å². The highest BCUT2D eigenvalue weighted by molar-refractivity contribution is 7.09. The lowest BCUT2D eigenvalue weighted by molar-refractivity contribution is -0.121. The van der Waals surface area contributed by atoms with Gasteiger partial charge in [-0.1, -0.05) is 6.92 Å². The molecular formula is C13H25Cl2N3OS. The van der Waals surface area contributed by atoms with Crippen LogP contribution in [0.25, 0.3) is 0 Å². The fourth-order valence-corrected chi connectivity index (χ4v) is 2.28. The zero-order valence-corrected chi connectivity index (χ0v) is 14.6. The summed E-state index contributed by atoms with van der Waals surface area (Å²) in [4.78, 5) is 15.9. The highest BCUT2D eigenvalue weighted by Crippen LogP contribution is 2.10. The summed E-state index contributed by atoms with van der Waals surface area (Å²) in [5.41, 5.74) is 1.11. The van der Waals surface area contributed by atoms with E-state index in [0.29, 0.717) is 13.0 Å². The molecule has 0 atom stereocenters. The summed E-state index contributed by atoms with van der Waals surface area (Å²) >= 11 is 1.66. The summed E-state index contributed by atoms with van der Waals surface area (Å²) in [5, 5.41) is 9.33. The number of aryl methyl sites for hydroxylation is 2. The Balaban J connectivity index is 0. The third-order valence-corrected chi connectivity index (χ3v) is 3.38. The van der Waals surface area contributed by atoms with Gasteiger partial charge in [-0.05, 0) is 32.7 Å². The minimum atomic E-state index is 0. The molecular weight excluding hydrogens is 317 g/mol. The molecule has 1 aromatic heterocycles. The number of amides is 1. The largest absolute Gasteiger partial charge is 0.355 e. The van der Waals surface area contributed by atoms with Gasteiger partial charge in [0.25, 0.3) is 0 Å². The van der Waals surface area contributed by atoms with Crippen LogP contribution in [0.2, 0.25) is 0 Å². The Bertz CT molecular complexity index is 361. The van der Waals surface area contributed by atoms with E-state index in [1.54, 1.807) is 11.3 Å². The van der Waals surface area contributed by atoms with Crippen LogP contribution in [0.3, 0.4) is 0 Å². The molecule has 0 aliphatic rings. The molecule has 0 aliphatic carbocycles. The van der Waals surface area contributed by atoms with Crippen molar-refractivity contribution in [2.45, 2.75) is 39.5 Å². The van der Waals surface area contributed by atoms with E-state index in [4.69, 9.17) is 0 Å². The van der Waals surface area contributed by atoms with Crippen LogP contribution >= 0.6 is 36.2 Å². The number of carbonyl (C=O) groups excluding carboxylic acids is 1. The predicted octanol–water partition coefficient (Wildman–Crippen LogP) is 2.73. The lowest BCUT2D eigenvalue weighted by Crippen LogP contribution is -2.31. The number of hydrogen-bond acceptors (Lipinski definition) is 4. The van der Waals surface area contributed by atoms with Crippen LogP contribution in [0.5, 0.6) is 0 Å². The van der Waals surface area contributed by atoms with E-state index in [2.05, 4.69) is 27.9 Å². The van der Waals surface area contributed by atoms with Crippen LogP contribution in [0.4, 0.5) is 0 Å². The molecule has 0 bridgehead atoms. The van der Waals surface area contributed by atoms with E-state index >= 15 is 0 Å². The van der Waals surface area contributed by atoms with E-state index in [1.807, 2.05) is 6.92 Å². The summed E-state index contributed by atoms with van der Waals surface area (Å²) in [5.74, 6) is 0.139. The highest BCUT2D eigenvalue weighted by Gasteiger charge is 2.02. The molecule has 1 amide bonds. The second kappa shape index (κ2) is 13.6. The van der Waals surface area contributed by atoms with Gasteiger partial charge in [0.2, 0.25) is 5.91 Å². The SMILES string of the molecule is CCCNCCNC(=O)CCCc1csc(C)n1.Cl.Cl. The fraction of sp³-hybridized carbons (Fsp3) is 0.692. The maximum Gasteiger partial charge on any atom is 0.220 e. The Morgan fingerprint density at radius 1 is 1.30 bits per heavy atom. The Morgan fingerprint density at radius 3 is 2.65 bits per heavy atom. The quantitative estimate of drug-likeness (QED) is 0.679. The molecule has 118 valence electrons. The Hall–Kier alpha value is -0.360. The van der Waals surface area contributed by atoms with Crippen LogP contribution < -0.4 is 10.6 Å². The molecule has 2 N–H and O–H groups in total. The van der Waals surface area contributed by atoms with Crippen LogP contribution in [-0.2, 0) is 11.2 Å². The molecule has 0 fully saturated rings. The van der Waals surface area contributed by atoms with E-state index in [0.717, 1.165) is 43.1 Å². The first-order valence-electron chi connectivity index (χ1n) is 6.60. The minimum absolute atomic E-state index is 0. The molecule has 0 aromatic carbocycles. The number of nitrogens with one attached hydrogen (secondary N) is 2. The normalized spacial score (nSPS) is 9.50. The number of halogens is 2. The average molecular weight is 342 g/mol. The van der Waals surface area contributed by atoms with Gasteiger partial charge in [-0.2, -0.15) is 0 Å². The predicted molar refractivity (Wildman–Crippen MR) is 90.5 cm³/mol. The number of nitrogens with zero attached hydrogens (tertiary/aromatic N) is 1. The van der Waals surface area contributed by atoms with Gasteiger partial charge >= 0.3 is 0 Å². The first kappa shape index (κ1) is 21.9. The second-order valence-electron chi connectivity index (χ2n) is 4.31. The minimum Gasteiger partial charge on any atom is -0.355 e. The molecule has 1 heterocycles. The summed E-state index contributed by atoms with van der Waals surface area (Å²) < 4.78 is 0. The van der Waals surface area contributed by atoms with Crippen LogP contribution in [0.1, 0.15) is 36.9 Å². The molecule has 0 unspecified atom stereocenters. The van der Waals surface area contributed by atoms with Gasteiger partial charge in [0.05, 0.1) is 10.7 Å². The number of hydrogen-bond donors (Lipinski definition) is 2. The zero-order chi connectivity index (χ0) is 13.2. The van der Waals surface area contributed by atoms with Crippen molar-refractivity contribution in [1.82, 2.24) is 15.6 Å². The lowest BCUT2D eigenvalue weighted by atomic mass is 10.2. The monoisotopic (exact) mass is 341 g/mol. The van der Waals surface area contributed by atoms with Gasteiger partial charge in [0.15, 0.2) is 0 Å². The van der Waals surface area contributed by atoms with E-state index < -0.39 is 0 Å². The third-order valence-electron chi connectivity index (χ3n) is 2.55. The molecule has 0 radical (unpaired) electrons. The third kappa shape index (κ3) is 10.4. The van der Waals surface area contributed by atoms with Crippen molar-refractivity contribution in [3.8, 4) is 0 Å². The molecule has 4 nitrogen and oxygen atoms in total. The van der Waals surface area contributed by atoms with Crippen LogP contribution in [-0.4, -0.2) is 30.5 Å². The first-order chi connectivity index (χ1) is 8.72. The van der Waals surface area contributed by atoms with E-state index in [1.165, 1.54) is 0 Å². The van der Waals surface area contributed by atoms with Gasteiger partial charge in [-0.25, -0.2) is 4.98 Å². The van der Waals surface area contributed by atoms with Crippen molar-refractivity contribution in [1.29, 1.82) is 0 Å². The number of thiazole rings is 1. The van der Waals surface area contributed by atoms with Crippen molar-refractivity contribution < 1.29 is 4.79 Å². The van der Waals surface area contributed by atoms with E-state index in [-0.39, 0.29) is 30.7 Å². The maximum absolute atomic E-state index is 11.5. The molecule has 1 aromatic rings. The summed E-state index contributed by atoms with van der Waals surface area (Å²) in [6.45, 7) is 6.72. The van der Waals surface area contributed by atoms with Gasteiger partial charge < -0.3 is 10.6 Å². The fourth-order valence-electron chi connectivity index (χ4n) is 1.63. The smallest absolute Gasteiger partial charge is 0.220 e. The van der Waals surface area contributed by atoms with Gasteiger partial charge in [-0.15, -0.1) is 36.2 Å². The number of carbonyl (C=O) groups is 1. The molecule has 1 rings (SSSR count). The highest BCUT2D eigenvalue weighted by atomic mass is 35.5. The zero-order valence-electron chi connectivity index (χ0n) is 12.1. The topological polar surface area (TPSA) is 54.0 Å².